The topological polar surface area (TPSA) is 72.5 Å². The van der Waals surface area contributed by atoms with E-state index in [9.17, 15) is 22.0 Å². The van der Waals surface area contributed by atoms with Crippen LogP contribution in [-0.4, -0.2) is 21.5 Å². The summed E-state index contributed by atoms with van der Waals surface area (Å²) in [7, 11) is -2.94. The minimum Gasteiger partial charge on any atom is -0.469 e. The van der Waals surface area contributed by atoms with E-state index in [0.717, 1.165) is 12.1 Å². The highest BCUT2D eigenvalue weighted by Gasteiger charge is 2.25. The summed E-state index contributed by atoms with van der Waals surface area (Å²) < 4.78 is 57.7. The molecule has 1 aromatic carbocycles. The smallest absolute Gasteiger partial charge is 0.307 e. The van der Waals surface area contributed by atoms with Crippen molar-refractivity contribution in [1.29, 1.82) is 0 Å². The number of hydrogen-bond donors (Lipinski definition) is 1. The van der Waals surface area contributed by atoms with Crippen LogP contribution in [0.2, 0.25) is 0 Å². The van der Waals surface area contributed by atoms with Crippen LogP contribution in [0.1, 0.15) is 17.3 Å². The van der Waals surface area contributed by atoms with Crippen LogP contribution in [0.25, 0.3) is 0 Å². The molecule has 2 aromatic rings. The molecule has 0 saturated heterocycles. The fraction of sp³-hybridized carbons (Fsp3) is 0.214. The Kier molecular flexibility index (Phi) is 5.45. The van der Waals surface area contributed by atoms with Crippen molar-refractivity contribution in [3.8, 4) is 0 Å². The van der Waals surface area contributed by atoms with Crippen LogP contribution >= 0.6 is 11.3 Å². The number of thiophene rings is 1. The molecule has 0 aliphatic carbocycles. The molecule has 23 heavy (non-hydrogen) atoms. The Morgan fingerprint density at radius 2 is 2.04 bits per heavy atom. The first-order chi connectivity index (χ1) is 10.8. The number of sulfonamides is 1. The molecule has 0 saturated carbocycles. The van der Waals surface area contributed by atoms with Crippen LogP contribution < -0.4 is 4.72 Å². The van der Waals surface area contributed by atoms with Crippen molar-refractivity contribution in [2.75, 3.05) is 7.11 Å². The molecule has 0 radical (unpaired) electrons. The normalized spacial score (nSPS) is 12.8. The third kappa shape index (κ3) is 4.34. The number of methoxy groups -OCH3 is 1. The maximum absolute atomic E-state index is 13.2. The summed E-state index contributed by atoms with van der Waals surface area (Å²) in [6.45, 7) is 0. The fourth-order valence-corrected chi connectivity index (χ4v) is 3.92. The third-order valence-electron chi connectivity index (χ3n) is 2.98. The quantitative estimate of drug-likeness (QED) is 0.803. The second kappa shape index (κ2) is 7.16. The summed E-state index contributed by atoms with van der Waals surface area (Å²) in [6, 6.07) is 4.76. The summed E-state index contributed by atoms with van der Waals surface area (Å²) in [4.78, 5) is 11.6. The largest absolute Gasteiger partial charge is 0.469 e. The maximum atomic E-state index is 13.2. The molecule has 1 heterocycles. The van der Waals surface area contributed by atoms with Crippen molar-refractivity contribution in [1.82, 2.24) is 4.72 Å². The van der Waals surface area contributed by atoms with E-state index < -0.39 is 38.6 Å². The van der Waals surface area contributed by atoms with Crippen molar-refractivity contribution in [2.24, 2.45) is 0 Å². The predicted octanol–water partition coefficient (Wildman–Crippen LogP) is 2.61. The van der Waals surface area contributed by atoms with Gasteiger partial charge in [-0.3, -0.25) is 4.79 Å². The zero-order valence-electron chi connectivity index (χ0n) is 12.0. The first-order valence-electron chi connectivity index (χ1n) is 6.41. The minimum absolute atomic E-state index is 0.222. The Morgan fingerprint density at radius 1 is 1.30 bits per heavy atom. The Labute approximate surface area is 136 Å². The van der Waals surface area contributed by atoms with Crippen molar-refractivity contribution >= 4 is 27.3 Å². The molecule has 1 aromatic heterocycles. The van der Waals surface area contributed by atoms with Gasteiger partial charge in [-0.25, -0.2) is 21.9 Å². The van der Waals surface area contributed by atoms with Crippen LogP contribution in [0, 0.1) is 11.6 Å². The molecule has 0 amide bonds. The number of benzene rings is 1. The van der Waals surface area contributed by atoms with E-state index >= 15 is 0 Å². The SMILES string of the molecule is COC(=O)C[C@H](NS(=O)(=O)c1ccc(F)c(F)c1)c1cccs1. The first-order valence-corrected chi connectivity index (χ1v) is 8.77. The second-order valence-electron chi connectivity index (χ2n) is 4.55. The molecule has 124 valence electrons. The van der Waals surface area contributed by atoms with E-state index in [1.165, 1.54) is 18.4 Å². The van der Waals surface area contributed by atoms with Gasteiger partial charge in [0.2, 0.25) is 10.0 Å². The van der Waals surface area contributed by atoms with Crippen LogP contribution in [0.15, 0.2) is 40.6 Å². The van der Waals surface area contributed by atoms with Gasteiger partial charge in [-0.1, -0.05) is 6.07 Å². The molecular weight excluding hydrogens is 348 g/mol. The van der Waals surface area contributed by atoms with Gasteiger partial charge in [-0.15, -0.1) is 11.3 Å². The third-order valence-corrected chi connectivity index (χ3v) is 5.44. The lowest BCUT2D eigenvalue weighted by molar-refractivity contribution is -0.141. The summed E-state index contributed by atoms with van der Waals surface area (Å²) >= 11 is 1.26. The van der Waals surface area contributed by atoms with Gasteiger partial charge in [0, 0.05) is 4.88 Å². The molecule has 0 fully saturated rings. The molecule has 5 nitrogen and oxygen atoms in total. The Bertz CT molecular complexity index is 791. The number of carbonyl (C=O) groups excluding carboxylic acids is 1. The lowest BCUT2D eigenvalue weighted by atomic mass is 10.2. The standard InChI is InChI=1S/C14H13F2NO4S2/c1-21-14(18)8-12(13-3-2-6-22-13)17-23(19,20)9-4-5-10(15)11(16)7-9/h2-7,12,17H,8H2,1H3/t12-/m0/s1. The first kappa shape index (κ1) is 17.5. The molecule has 1 N–H and O–H groups in total. The van der Waals surface area contributed by atoms with Gasteiger partial charge in [0.1, 0.15) is 0 Å². The molecule has 0 aliphatic rings. The molecule has 0 aliphatic heterocycles. The number of ether oxygens (including phenoxy) is 1. The van der Waals surface area contributed by atoms with Gasteiger partial charge in [0.05, 0.1) is 24.5 Å². The summed E-state index contributed by atoms with van der Waals surface area (Å²) in [5, 5.41) is 1.73. The summed E-state index contributed by atoms with van der Waals surface area (Å²) in [5.41, 5.74) is 0. The molecular formula is C14H13F2NO4S2. The van der Waals surface area contributed by atoms with E-state index in [0.29, 0.717) is 10.9 Å². The molecule has 0 bridgehead atoms. The molecule has 1 atom stereocenters. The number of halogens is 2. The minimum atomic E-state index is -4.14. The molecule has 9 heteroatoms. The number of carbonyl (C=O) groups is 1. The highest BCUT2D eigenvalue weighted by atomic mass is 32.2. The van der Waals surface area contributed by atoms with Crippen LogP contribution in [-0.2, 0) is 19.6 Å². The lowest BCUT2D eigenvalue weighted by Crippen LogP contribution is -2.30. The number of nitrogens with one attached hydrogen (secondary N) is 1. The zero-order chi connectivity index (χ0) is 17.0. The van der Waals surface area contributed by atoms with Crippen LogP contribution in [0.3, 0.4) is 0 Å². The maximum Gasteiger partial charge on any atom is 0.307 e. The van der Waals surface area contributed by atoms with E-state index in [1.54, 1.807) is 17.5 Å². The van der Waals surface area contributed by atoms with Gasteiger partial charge in [0.15, 0.2) is 11.6 Å². The lowest BCUT2D eigenvalue weighted by Gasteiger charge is -2.16. The summed E-state index contributed by atoms with van der Waals surface area (Å²) in [5.74, 6) is -3.02. The number of hydrogen-bond acceptors (Lipinski definition) is 5. The number of rotatable bonds is 6. The van der Waals surface area contributed by atoms with Gasteiger partial charge in [-0.05, 0) is 29.6 Å². The molecule has 2 rings (SSSR count). The van der Waals surface area contributed by atoms with Crippen molar-refractivity contribution in [2.45, 2.75) is 17.4 Å². The van der Waals surface area contributed by atoms with Crippen LogP contribution in [0.4, 0.5) is 8.78 Å². The Balaban J connectivity index is 2.30. The van der Waals surface area contributed by atoms with E-state index in [4.69, 9.17) is 0 Å². The van der Waals surface area contributed by atoms with Gasteiger partial charge in [-0.2, -0.15) is 0 Å². The average Bonchev–Trinajstić information content (AvgIpc) is 3.03. The molecule has 0 spiro atoms. The van der Waals surface area contributed by atoms with E-state index in [2.05, 4.69) is 9.46 Å². The predicted molar refractivity (Wildman–Crippen MR) is 80.4 cm³/mol. The fourth-order valence-electron chi connectivity index (χ4n) is 1.84. The van der Waals surface area contributed by atoms with Gasteiger partial charge >= 0.3 is 5.97 Å². The average molecular weight is 361 g/mol. The monoisotopic (exact) mass is 361 g/mol. The highest BCUT2D eigenvalue weighted by molar-refractivity contribution is 7.89. The zero-order valence-corrected chi connectivity index (χ0v) is 13.6. The van der Waals surface area contributed by atoms with Crippen molar-refractivity contribution < 1.29 is 26.7 Å². The Hall–Kier alpha value is -1.84. The molecule has 0 unspecified atom stereocenters. The second-order valence-corrected chi connectivity index (χ2v) is 7.24. The van der Waals surface area contributed by atoms with Crippen LogP contribution in [0.5, 0.6) is 0 Å². The van der Waals surface area contributed by atoms with E-state index in [1.807, 2.05) is 0 Å². The van der Waals surface area contributed by atoms with Crippen molar-refractivity contribution in [3.63, 3.8) is 0 Å². The number of esters is 1. The van der Waals surface area contributed by atoms with Crippen molar-refractivity contribution in [3.05, 3.63) is 52.2 Å². The van der Waals surface area contributed by atoms with E-state index in [-0.39, 0.29) is 6.42 Å². The Morgan fingerprint density at radius 3 is 2.61 bits per heavy atom. The summed E-state index contributed by atoms with van der Waals surface area (Å²) in [6.07, 6.45) is -0.222. The van der Waals surface area contributed by atoms with Gasteiger partial charge < -0.3 is 4.74 Å². The van der Waals surface area contributed by atoms with Gasteiger partial charge in [0.25, 0.3) is 0 Å². The highest BCUT2D eigenvalue weighted by Crippen LogP contribution is 2.25.